The summed E-state index contributed by atoms with van der Waals surface area (Å²) in [6.07, 6.45) is 4.39. The van der Waals surface area contributed by atoms with Crippen LogP contribution in [0.4, 0.5) is 0 Å². The van der Waals surface area contributed by atoms with Gasteiger partial charge in [-0.25, -0.2) is 10.4 Å². The third-order valence-electron chi connectivity index (χ3n) is 3.77. The van der Waals surface area contributed by atoms with Crippen molar-refractivity contribution in [3.05, 3.63) is 0 Å². The van der Waals surface area contributed by atoms with Gasteiger partial charge >= 0.3 is 5.97 Å². The zero-order chi connectivity index (χ0) is 14.3. The van der Waals surface area contributed by atoms with Gasteiger partial charge in [-0.1, -0.05) is 34.1 Å². The van der Waals surface area contributed by atoms with Crippen LogP contribution in [0.1, 0.15) is 53.4 Å². The SMILES string of the molecule is CCCCOC(=O)C(NN1CCC(C)CC1)C(C)C. The molecule has 0 amide bonds. The maximum absolute atomic E-state index is 12.1. The topological polar surface area (TPSA) is 41.6 Å². The van der Waals surface area contributed by atoms with E-state index in [1.54, 1.807) is 0 Å². The van der Waals surface area contributed by atoms with Crippen molar-refractivity contribution in [3.8, 4) is 0 Å². The second-order valence-electron chi connectivity index (χ2n) is 6.04. The Morgan fingerprint density at radius 2 is 2.00 bits per heavy atom. The van der Waals surface area contributed by atoms with Gasteiger partial charge in [0.05, 0.1) is 6.61 Å². The Hall–Kier alpha value is -0.610. The van der Waals surface area contributed by atoms with Gasteiger partial charge in [0.1, 0.15) is 6.04 Å². The van der Waals surface area contributed by atoms with Gasteiger partial charge in [0.2, 0.25) is 0 Å². The molecule has 1 aliphatic heterocycles. The third kappa shape index (κ3) is 5.91. The Morgan fingerprint density at radius 3 is 2.53 bits per heavy atom. The van der Waals surface area contributed by atoms with Gasteiger partial charge in [-0.15, -0.1) is 0 Å². The van der Waals surface area contributed by atoms with Crippen LogP contribution < -0.4 is 5.43 Å². The summed E-state index contributed by atoms with van der Waals surface area (Å²) >= 11 is 0. The fraction of sp³-hybridized carbons (Fsp3) is 0.933. The van der Waals surface area contributed by atoms with Crippen LogP contribution in [0.3, 0.4) is 0 Å². The number of nitrogens with zero attached hydrogens (tertiary/aromatic N) is 1. The van der Waals surface area contributed by atoms with Gasteiger partial charge in [-0.2, -0.15) is 0 Å². The number of hydrazine groups is 1. The van der Waals surface area contributed by atoms with Crippen molar-refractivity contribution in [1.29, 1.82) is 0 Å². The summed E-state index contributed by atoms with van der Waals surface area (Å²) in [6, 6.07) is -0.217. The van der Waals surface area contributed by atoms with Crippen molar-refractivity contribution in [3.63, 3.8) is 0 Å². The van der Waals surface area contributed by atoms with E-state index >= 15 is 0 Å². The zero-order valence-electron chi connectivity index (χ0n) is 12.9. The molecule has 0 spiro atoms. The lowest BCUT2D eigenvalue weighted by Gasteiger charge is -2.34. The lowest BCUT2D eigenvalue weighted by atomic mass is 10.00. The summed E-state index contributed by atoms with van der Waals surface area (Å²) in [4.78, 5) is 12.1. The number of carbonyl (C=O) groups is 1. The number of hydrogen-bond donors (Lipinski definition) is 1. The second-order valence-corrected chi connectivity index (χ2v) is 6.04. The normalized spacial score (nSPS) is 19.6. The lowest BCUT2D eigenvalue weighted by molar-refractivity contribution is -0.149. The molecule has 1 N–H and O–H groups in total. The number of rotatable bonds is 7. The molecule has 0 aromatic heterocycles. The Bertz CT molecular complexity index is 261. The smallest absolute Gasteiger partial charge is 0.324 e. The van der Waals surface area contributed by atoms with Gasteiger partial charge in [0.15, 0.2) is 0 Å². The van der Waals surface area contributed by atoms with E-state index in [2.05, 4.69) is 38.1 Å². The van der Waals surface area contributed by atoms with E-state index in [4.69, 9.17) is 4.74 Å². The Balaban J connectivity index is 2.41. The number of unbranched alkanes of at least 4 members (excludes halogenated alkanes) is 1. The molecule has 1 rings (SSSR count). The summed E-state index contributed by atoms with van der Waals surface area (Å²) in [5.74, 6) is 0.933. The van der Waals surface area contributed by atoms with E-state index in [-0.39, 0.29) is 17.9 Å². The van der Waals surface area contributed by atoms with Gasteiger partial charge in [-0.05, 0) is 31.1 Å². The number of esters is 1. The van der Waals surface area contributed by atoms with Crippen LogP contribution in [0.5, 0.6) is 0 Å². The monoisotopic (exact) mass is 270 g/mol. The van der Waals surface area contributed by atoms with Gasteiger partial charge < -0.3 is 4.74 Å². The van der Waals surface area contributed by atoms with Crippen LogP contribution in [0, 0.1) is 11.8 Å². The van der Waals surface area contributed by atoms with Crippen molar-refractivity contribution < 1.29 is 9.53 Å². The zero-order valence-corrected chi connectivity index (χ0v) is 12.9. The summed E-state index contributed by atoms with van der Waals surface area (Å²) < 4.78 is 5.34. The van der Waals surface area contributed by atoms with Crippen LogP contribution in [0.15, 0.2) is 0 Å². The van der Waals surface area contributed by atoms with Crippen molar-refractivity contribution >= 4 is 5.97 Å². The van der Waals surface area contributed by atoms with Crippen molar-refractivity contribution in [2.24, 2.45) is 11.8 Å². The minimum atomic E-state index is -0.217. The molecular formula is C15H30N2O2. The van der Waals surface area contributed by atoms with E-state index in [9.17, 15) is 4.79 Å². The van der Waals surface area contributed by atoms with Gasteiger partial charge in [-0.3, -0.25) is 4.79 Å². The molecule has 0 bridgehead atoms. The fourth-order valence-corrected chi connectivity index (χ4v) is 2.22. The third-order valence-corrected chi connectivity index (χ3v) is 3.77. The first kappa shape index (κ1) is 16.4. The van der Waals surface area contributed by atoms with Crippen LogP contribution in [0.2, 0.25) is 0 Å². The maximum Gasteiger partial charge on any atom is 0.324 e. The minimum Gasteiger partial charge on any atom is -0.464 e. The Kier molecular flexibility index (Phi) is 7.39. The molecule has 1 heterocycles. The number of hydrogen-bond acceptors (Lipinski definition) is 4. The van der Waals surface area contributed by atoms with E-state index in [0.29, 0.717) is 6.61 Å². The number of nitrogens with one attached hydrogen (secondary N) is 1. The molecule has 0 aromatic carbocycles. The molecule has 4 nitrogen and oxygen atoms in total. The second kappa shape index (κ2) is 8.54. The number of carbonyl (C=O) groups excluding carboxylic acids is 1. The van der Waals surface area contributed by atoms with Crippen LogP contribution in [-0.4, -0.2) is 36.7 Å². The van der Waals surface area contributed by atoms with Crippen molar-refractivity contribution in [2.75, 3.05) is 19.7 Å². The van der Waals surface area contributed by atoms with Crippen molar-refractivity contribution in [2.45, 2.75) is 59.4 Å². The highest BCUT2D eigenvalue weighted by molar-refractivity contribution is 5.76. The van der Waals surface area contributed by atoms with Crippen LogP contribution in [0.25, 0.3) is 0 Å². The Labute approximate surface area is 117 Å². The first-order valence-corrected chi connectivity index (χ1v) is 7.72. The van der Waals surface area contributed by atoms with E-state index in [0.717, 1.165) is 31.8 Å². The standard InChI is InChI=1S/C15H30N2O2/c1-5-6-11-19-15(18)14(12(2)3)16-17-9-7-13(4)8-10-17/h12-14,16H,5-11H2,1-4H3. The average molecular weight is 270 g/mol. The van der Waals surface area contributed by atoms with E-state index in [1.165, 1.54) is 12.8 Å². The first-order chi connectivity index (χ1) is 9.04. The van der Waals surface area contributed by atoms with E-state index < -0.39 is 0 Å². The quantitative estimate of drug-likeness (QED) is 0.570. The predicted molar refractivity (Wildman–Crippen MR) is 77.6 cm³/mol. The van der Waals surface area contributed by atoms with Gasteiger partial charge in [0.25, 0.3) is 0 Å². The minimum absolute atomic E-state index is 0.109. The highest BCUT2D eigenvalue weighted by Gasteiger charge is 2.27. The molecule has 4 heteroatoms. The number of ether oxygens (including phenoxy) is 1. The molecule has 1 saturated heterocycles. The molecule has 1 aliphatic rings. The fourth-order valence-electron chi connectivity index (χ4n) is 2.22. The summed E-state index contributed by atoms with van der Waals surface area (Å²) in [7, 11) is 0. The summed E-state index contributed by atoms with van der Waals surface area (Å²) in [5, 5.41) is 2.19. The molecule has 0 saturated carbocycles. The molecule has 19 heavy (non-hydrogen) atoms. The summed E-state index contributed by atoms with van der Waals surface area (Å²) in [6.45, 7) is 11.1. The summed E-state index contributed by atoms with van der Waals surface area (Å²) in [5.41, 5.74) is 3.36. The first-order valence-electron chi connectivity index (χ1n) is 7.72. The van der Waals surface area contributed by atoms with Gasteiger partial charge in [0, 0.05) is 13.1 Å². The largest absolute Gasteiger partial charge is 0.464 e. The average Bonchev–Trinajstić information content (AvgIpc) is 2.37. The molecule has 0 aromatic rings. The highest BCUT2D eigenvalue weighted by atomic mass is 16.5. The Morgan fingerprint density at radius 1 is 1.37 bits per heavy atom. The lowest BCUT2D eigenvalue weighted by Crippen LogP contribution is -2.53. The predicted octanol–water partition coefficient (Wildman–Crippen LogP) is 2.59. The molecule has 1 fully saturated rings. The van der Waals surface area contributed by atoms with Crippen LogP contribution in [-0.2, 0) is 9.53 Å². The van der Waals surface area contributed by atoms with Crippen molar-refractivity contribution in [1.82, 2.24) is 10.4 Å². The maximum atomic E-state index is 12.1. The van der Waals surface area contributed by atoms with E-state index in [1.807, 2.05) is 0 Å². The molecule has 0 aliphatic carbocycles. The highest BCUT2D eigenvalue weighted by Crippen LogP contribution is 2.15. The van der Waals surface area contributed by atoms with Crippen LogP contribution >= 0.6 is 0 Å². The molecule has 1 unspecified atom stereocenters. The molecule has 1 atom stereocenters. The molecular weight excluding hydrogens is 240 g/mol. The molecule has 112 valence electrons. The molecule has 0 radical (unpaired) electrons. The number of piperidine rings is 1.